The number of aliphatic hydroxyl groups is 1. The summed E-state index contributed by atoms with van der Waals surface area (Å²) in [7, 11) is 1.64. The molecular formula is C15H15ClO2. The molecule has 2 rings (SSSR count). The van der Waals surface area contributed by atoms with Crippen LogP contribution in [0.1, 0.15) is 22.8 Å². The molecule has 18 heavy (non-hydrogen) atoms. The fourth-order valence-corrected chi connectivity index (χ4v) is 2.14. The molecule has 0 aromatic heterocycles. The number of benzene rings is 2. The number of halogens is 1. The second-order valence-corrected chi connectivity index (χ2v) is 4.53. The lowest BCUT2D eigenvalue weighted by Crippen LogP contribution is -2.04. The number of methoxy groups -OCH3 is 1. The predicted molar refractivity (Wildman–Crippen MR) is 72.7 cm³/mol. The van der Waals surface area contributed by atoms with Crippen molar-refractivity contribution < 1.29 is 9.84 Å². The van der Waals surface area contributed by atoms with Crippen molar-refractivity contribution in [2.45, 2.75) is 12.7 Å². The van der Waals surface area contributed by atoms with Crippen LogP contribution in [0.15, 0.2) is 48.5 Å². The highest BCUT2D eigenvalue weighted by Gasteiger charge is 2.14. The summed E-state index contributed by atoms with van der Waals surface area (Å²) in [6.45, 7) is 0.480. The van der Waals surface area contributed by atoms with Crippen molar-refractivity contribution in [3.05, 3.63) is 70.2 Å². The lowest BCUT2D eigenvalue weighted by atomic mass is 9.97. The Bertz CT molecular complexity index is 525. The number of rotatable bonds is 4. The Kier molecular flexibility index (Phi) is 4.37. The van der Waals surface area contributed by atoms with Crippen LogP contribution in [0.25, 0.3) is 0 Å². The summed E-state index contributed by atoms with van der Waals surface area (Å²) in [6, 6.07) is 15.0. The highest BCUT2D eigenvalue weighted by atomic mass is 35.5. The van der Waals surface area contributed by atoms with Crippen molar-refractivity contribution in [2.24, 2.45) is 0 Å². The van der Waals surface area contributed by atoms with E-state index in [1.54, 1.807) is 19.2 Å². The topological polar surface area (TPSA) is 29.5 Å². The van der Waals surface area contributed by atoms with Gasteiger partial charge in [-0.2, -0.15) is 0 Å². The minimum absolute atomic E-state index is 0.480. The zero-order valence-electron chi connectivity index (χ0n) is 10.1. The minimum Gasteiger partial charge on any atom is -0.384 e. The summed E-state index contributed by atoms with van der Waals surface area (Å²) in [4.78, 5) is 0. The van der Waals surface area contributed by atoms with Crippen LogP contribution in [0.3, 0.4) is 0 Å². The number of hydrogen-bond acceptors (Lipinski definition) is 2. The summed E-state index contributed by atoms with van der Waals surface area (Å²) in [5.41, 5.74) is 2.61. The normalized spacial score (nSPS) is 12.4. The maximum atomic E-state index is 10.4. The van der Waals surface area contributed by atoms with Gasteiger partial charge >= 0.3 is 0 Å². The van der Waals surface area contributed by atoms with Crippen LogP contribution < -0.4 is 0 Å². The van der Waals surface area contributed by atoms with Crippen LogP contribution in [-0.2, 0) is 11.3 Å². The van der Waals surface area contributed by atoms with Crippen molar-refractivity contribution >= 4 is 11.6 Å². The van der Waals surface area contributed by atoms with Gasteiger partial charge in [-0.3, -0.25) is 0 Å². The summed E-state index contributed by atoms with van der Waals surface area (Å²) in [6.07, 6.45) is -0.685. The molecule has 0 amide bonds. The van der Waals surface area contributed by atoms with E-state index in [-0.39, 0.29) is 0 Å². The molecule has 0 spiro atoms. The third-order valence-corrected chi connectivity index (χ3v) is 3.05. The first-order chi connectivity index (χ1) is 8.72. The van der Waals surface area contributed by atoms with E-state index in [4.69, 9.17) is 16.3 Å². The molecule has 0 heterocycles. The van der Waals surface area contributed by atoms with Gasteiger partial charge in [0.1, 0.15) is 6.10 Å². The Balaban J connectivity index is 2.36. The molecule has 0 saturated carbocycles. The fraction of sp³-hybridized carbons (Fsp3) is 0.200. The Morgan fingerprint density at radius 1 is 1.17 bits per heavy atom. The third kappa shape index (κ3) is 2.91. The molecule has 0 fully saturated rings. The molecule has 0 aliphatic carbocycles. The Hall–Kier alpha value is -1.35. The average Bonchev–Trinajstić information content (AvgIpc) is 2.39. The van der Waals surface area contributed by atoms with Crippen LogP contribution >= 0.6 is 11.6 Å². The van der Waals surface area contributed by atoms with Gasteiger partial charge in [-0.05, 0) is 28.8 Å². The van der Waals surface area contributed by atoms with Crippen molar-refractivity contribution in [1.29, 1.82) is 0 Å². The van der Waals surface area contributed by atoms with Gasteiger partial charge in [-0.1, -0.05) is 48.0 Å². The Morgan fingerprint density at radius 2 is 1.94 bits per heavy atom. The molecule has 0 bridgehead atoms. The number of hydrogen-bond donors (Lipinski definition) is 1. The first-order valence-corrected chi connectivity index (χ1v) is 6.10. The monoisotopic (exact) mass is 262 g/mol. The molecule has 0 radical (unpaired) electrons. The Labute approximate surface area is 112 Å². The maximum absolute atomic E-state index is 10.4. The molecule has 94 valence electrons. The lowest BCUT2D eigenvalue weighted by molar-refractivity contribution is 0.176. The van der Waals surface area contributed by atoms with Gasteiger partial charge in [0.25, 0.3) is 0 Å². The molecule has 1 unspecified atom stereocenters. The molecule has 1 atom stereocenters. The maximum Gasteiger partial charge on any atom is 0.104 e. The lowest BCUT2D eigenvalue weighted by Gasteiger charge is -2.15. The summed E-state index contributed by atoms with van der Waals surface area (Å²) < 4.78 is 5.14. The molecular weight excluding hydrogens is 248 g/mol. The number of ether oxygens (including phenoxy) is 1. The fourth-order valence-electron chi connectivity index (χ4n) is 1.94. The van der Waals surface area contributed by atoms with Crippen LogP contribution in [0.2, 0.25) is 5.02 Å². The van der Waals surface area contributed by atoms with Gasteiger partial charge in [0.2, 0.25) is 0 Å². The van der Waals surface area contributed by atoms with E-state index in [1.165, 1.54) is 0 Å². The zero-order valence-corrected chi connectivity index (χ0v) is 10.9. The van der Waals surface area contributed by atoms with Gasteiger partial charge in [0, 0.05) is 12.1 Å². The van der Waals surface area contributed by atoms with Crippen LogP contribution in [0.4, 0.5) is 0 Å². The first-order valence-electron chi connectivity index (χ1n) is 5.72. The molecule has 2 aromatic rings. The second-order valence-electron chi connectivity index (χ2n) is 4.09. The van der Waals surface area contributed by atoms with Crippen molar-refractivity contribution in [3.8, 4) is 0 Å². The van der Waals surface area contributed by atoms with E-state index in [0.29, 0.717) is 11.6 Å². The van der Waals surface area contributed by atoms with Crippen LogP contribution in [0.5, 0.6) is 0 Å². The SMILES string of the molecule is COCc1ccccc1C(O)c1cccc(Cl)c1. The highest BCUT2D eigenvalue weighted by molar-refractivity contribution is 6.30. The van der Waals surface area contributed by atoms with Crippen molar-refractivity contribution in [1.82, 2.24) is 0 Å². The minimum atomic E-state index is -0.685. The smallest absolute Gasteiger partial charge is 0.104 e. The van der Waals surface area contributed by atoms with E-state index >= 15 is 0 Å². The third-order valence-electron chi connectivity index (χ3n) is 2.81. The molecule has 2 nitrogen and oxygen atoms in total. The number of aliphatic hydroxyl groups excluding tert-OH is 1. The summed E-state index contributed by atoms with van der Waals surface area (Å²) in [5.74, 6) is 0. The second kappa shape index (κ2) is 6.01. The summed E-state index contributed by atoms with van der Waals surface area (Å²) in [5, 5.41) is 11.0. The first kappa shape index (κ1) is 13.1. The van der Waals surface area contributed by atoms with E-state index in [0.717, 1.165) is 16.7 Å². The molecule has 0 aliphatic heterocycles. The van der Waals surface area contributed by atoms with E-state index in [1.807, 2.05) is 36.4 Å². The summed E-state index contributed by atoms with van der Waals surface area (Å²) >= 11 is 5.94. The zero-order chi connectivity index (χ0) is 13.0. The average molecular weight is 263 g/mol. The standard InChI is InChI=1S/C15H15ClO2/c1-18-10-12-5-2-3-8-14(12)15(17)11-6-4-7-13(16)9-11/h2-9,15,17H,10H2,1H3. The van der Waals surface area contributed by atoms with E-state index in [9.17, 15) is 5.11 Å². The van der Waals surface area contributed by atoms with Crippen molar-refractivity contribution in [2.75, 3.05) is 7.11 Å². The van der Waals surface area contributed by atoms with E-state index < -0.39 is 6.10 Å². The molecule has 2 aromatic carbocycles. The van der Waals surface area contributed by atoms with Gasteiger partial charge in [-0.15, -0.1) is 0 Å². The van der Waals surface area contributed by atoms with Gasteiger partial charge in [0.05, 0.1) is 6.61 Å². The Morgan fingerprint density at radius 3 is 2.67 bits per heavy atom. The van der Waals surface area contributed by atoms with Crippen molar-refractivity contribution in [3.63, 3.8) is 0 Å². The van der Waals surface area contributed by atoms with Crippen LogP contribution in [-0.4, -0.2) is 12.2 Å². The molecule has 1 N–H and O–H groups in total. The van der Waals surface area contributed by atoms with Gasteiger partial charge in [0.15, 0.2) is 0 Å². The molecule has 0 saturated heterocycles. The quantitative estimate of drug-likeness (QED) is 0.913. The van der Waals surface area contributed by atoms with Gasteiger partial charge < -0.3 is 9.84 Å². The molecule has 3 heteroatoms. The largest absolute Gasteiger partial charge is 0.384 e. The van der Waals surface area contributed by atoms with E-state index in [2.05, 4.69) is 0 Å². The van der Waals surface area contributed by atoms with Gasteiger partial charge in [-0.25, -0.2) is 0 Å². The highest BCUT2D eigenvalue weighted by Crippen LogP contribution is 2.27. The van der Waals surface area contributed by atoms with Crippen LogP contribution in [0, 0.1) is 0 Å². The predicted octanol–water partition coefficient (Wildman–Crippen LogP) is 3.57. The molecule has 0 aliphatic rings.